The summed E-state index contributed by atoms with van der Waals surface area (Å²) in [4.78, 5) is 15.0. The van der Waals surface area contributed by atoms with Gasteiger partial charge in [0.1, 0.15) is 0 Å². The molecule has 132 valence electrons. The van der Waals surface area contributed by atoms with E-state index in [1.165, 1.54) is 5.56 Å². The number of likely N-dealkylation sites (tertiary alicyclic amines) is 1. The van der Waals surface area contributed by atoms with Gasteiger partial charge in [-0.15, -0.1) is 0 Å². The van der Waals surface area contributed by atoms with Crippen molar-refractivity contribution >= 4 is 5.91 Å². The van der Waals surface area contributed by atoms with Gasteiger partial charge in [0.25, 0.3) is 0 Å². The monoisotopic (exact) mass is 330 g/mol. The summed E-state index contributed by atoms with van der Waals surface area (Å²) in [5.41, 5.74) is 1.37. The molecule has 3 rings (SSSR count). The zero-order valence-electron chi connectivity index (χ0n) is 14.7. The van der Waals surface area contributed by atoms with Crippen LogP contribution in [0, 0.1) is 5.92 Å². The number of amides is 1. The van der Waals surface area contributed by atoms with Gasteiger partial charge < -0.3 is 15.3 Å². The summed E-state index contributed by atoms with van der Waals surface area (Å²) in [6, 6.07) is 10.6. The average molecular weight is 330 g/mol. The first-order valence-electron chi connectivity index (χ1n) is 9.29. The quantitative estimate of drug-likeness (QED) is 0.891. The first-order chi connectivity index (χ1) is 11.6. The molecule has 0 radical (unpaired) electrons. The van der Waals surface area contributed by atoms with E-state index in [0.717, 1.165) is 45.2 Å². The molecule has 1 saturated carbocycles. The van der Waals surface area contributed by atoms with Crippen molar-refractivity contribution in [1.82, 2.24) is 10.2 Å². The Morgan fingerprint density at radius 3 is 2.62 bits per heavy atom. The average Bonchev–Trinajstić information content (AvgIpc) is 2.62. The Morgan fingerprint density at radius 1 is 1.25 bits per heavy atom. The Kier molecular flexibility index (Phi) is 5.57. The molecule has 0 aromatic heterocycles. The van der Waals surface area contributed by atoms with Gasteiger partial charge in [0, 0.05) is 17.9 Å². The van der Waals surface area contributed by atoms with Crippen LogP contribution in [0.1, 0.15) is 44.1 Å². The van der Waals surface area contributed by atoms with E-state index in [0.29, 0.717) is 13.0 Å². The molecule has 1 aliphatic heterocycles. The molecule has 2 fully saturated rings. The van der Waals surface area contributed by atoms with Crippen molar-refractivity contribution in [3.05, 3.63) is 35.9 Å². The molecule has 1 saturated heterocycles. The Balaban J connectivity index is 1.67. The molecule has 1 aromatic rings. The van der Waals surface area contributed by atoms with Crippen LogP contribution >= 0.6 is 0 Å². The Morgan fingerprint density at radius 2 is 1.96 bits per heavy atom. The molecular formula is C20H30N2O2. The van der Waals surface area contributed by atoms with Crippen LogP contribution in [0.2, 0.25) is 0 Å². The summed E-state index contributed by atoms with van der Waals surface area (Å²) in [5.74, 6) is 0.107. The predicted molar refractivity (Wildman–Crippen MR) is 95.8 cm³/mol. The van der Waals surface area contributed by atoms with Crippen LogP contribution < -0.4 is 5.32 Å². The normalized spacial score (nSPS) is 27.6. The molecule has 1 aliphatic carbocycles. The van der Waals surface area contributed by atoms with E-state index in [1.54, 1.807) is 0 Å². The molecule has 0 bridgehead atoms. The minimum atomic E-state index is -0.305. The van der Waals surface area contributed by atoms with Crippen molar-refractivity contribution in [3.8, 4) is 0 Å². The minimum Gasteiger partial charge on any atom is -0.393 e. The lowest BCUT2D eigenvalue weighted by molar-refractivity contribution is -0.127. The second kappa shape index (κ2) is 7.66. The minimum absolute atomic E-state index is 0.0205. The number of nitrogens with one attached hydrogen (secondary N) is 1. The molecule has 1 heterocycles. The van der Waals surface area contributed by atoms with Crippen LogP contribution in [-0.2, 0) is 10.2 Å². The maximum absolute atomic E-state index is 12.6. The van der Waals surface area contributed by atoms with Crippen LogP contribution in [-0.4, -0.2) is 48.7 Å². The number of benzene rings is 1. The van der Waals surface area contributed by atoms with Crippen LogP contribution in [0.25, 0.3) is 0 Å². The van der Waals surface area contributed by atoms with E-state index < -0.39 is 0 Å². The number of hydrogen-bond acceptors (Lipinski definition) is 3. The number of carbonyl (C=O) groups excluding carboxylic acids is 1. The summed E-state index contributed by atoms with van der Waals surface area (Å²) in [7, 11) is 2.16. The fourth-order valence-corrected chi connectivity index (χ4v) is 4.21. The lowest BCUT2D eigenvalue weighted by Gasteiger charge is -2.41. The number of aliphatic hydroxyl groups is 1. The van der Waals surface area contributed by atoms with Gasteiger partial charge in [-0.25, -0.2) is 0 Å². The third-order valence-corrected chi connectivity index (χ3v) is 5.95. The number of aliphatic hydroxyl groups excluding tert-OH is 1. The first-order valence-corrected chi connectivity index (χ1v) is 9.29. The standard InChI is InChI=1S/C20H30N2O2/c1-22-12-10-20(11-13-22,17-7-3-2-4-8-17)15-21-19(24)16-6-5-9-18(23)14-16/h2-4,7-8,16,18,23H,5-6,9-15H2,1H3,(H,21,24)/t16-,18+/m0/s1. The van der Waals surface area contributed by atoms with Gasteiger partial charge in [0.15, 0.2) is 0 Å². The maximum Gasteiger partial charge on any atom is 0.223 e. The van der Waals surface area contributed by atoms with E-state index in [9.17, 15) is 9.90 Å². The van der Waals surface area contributed by atoms with Crippen molar-refractivity contribution in [2.24, 2.45) is 5.92 Å². The van der Waals surface area contributed by atoms with Crippen LogP contribution in [0.4, 0.5) is 0 Å². The number of piperidine rings is 1. The lowest BCUT2D eigenvalue weighted by Crippen LogP contribution is -2.49. The molecule has 24 heavy (non-hydrogen) atoms. The number of hydrogen-bond donors (Lipinski definition) is 2. The third-order valence-electron chi connectivity index (χ3n) is 5.95. The van der Waals surface area contributed by atoms with Crippen molar-refractivity contribution < 1.29 is 9.90 Å². The van der Waals surface area contributed by atoms with Crippen molar-refractivity contribution in [2.45, 2.75) is 50.0 Å². The summed E-state index contributed by atoms with van der Waals surface area (Å²) in [6.07, 6.45) is 5.15. The molecule has 4 heteroatoms. The van der Waals surface area contributed by atoms with Crippen molar-refractivity contribution in [2.75, 3.05) is 26.7 Å². The SMILES string of the molecule is CN1CCC(CNC(=O)[C@H]2CCC[C@@H](O)C2)(c2ccccc2)CC1. The van der Waals surface area contributed by atoms with E-state index in [1.807, 2.05) is 6.07 Å². The van der Waals surface area contributed by atoms with Crippen molar-refractivity contribution in [3.63, 3.8) is 0 Å². The van der Waals surface area contributed by atoms with Crippen LogP contribution in [0.5, 0.6) is 0 Å². The van der Waals surface area contributed by atoms with E-state index in [4.69, 9.17) is 0 Å². The Hall–Kier alpha value is -1.39. The van der Waals surface area contributed by atoms with Gasteiger partial charge in [-0.1, -0.05) is 36.8 Å². The molecule has 0 spiro atoms. The van der Waals surface area contributed by atoms with Crippen molar-refractivity contribution in [1.29, 1.82) is 0 Å². The molecule has 2 atom stereocenters. The highest BCUT2D eigenvalue weighted by atomic mass is 16.3. The van der Waals surface area contributed by atoms with Gasteiger partial charge >= 0.3 is 0 Å². The summed E-state index contributed by atoms with van der Waals surface area (Å²) >= 11 is 0. The zero-order valence-corrected chi connectivity index (χ0v) is 14.7. The molecule has 1 amide bonds. The third kappa shape index (κ3) is 3.98. The molecular weight excluding hydrogens is 300 g/mol. The Bertz CT molecular complexity index is 538. The highest BCUT2D eigenvalue weighted by molar-refractivity contribution is 5.78. The van der Waals surface area contributed by atoms with E-state index in [2.05, 4.69) is 41.5 Å². The summed E-state index contributed by atoms with van der Waals surface area (Å²) in [5, 5.41) is 13.0. The van der Waals surface area contributed by atoms with Gasteiger partial charge in [0.05, 0.1) is 6.10 Å². The molecule has 4 nitrogen and oxygen atoms in total. The molecule has 2 N–H and O–H groups in total. The smallest absolute Gasteiger partial charge is 0.223 e. The zero-order chi connectivity index (χ0) is 17.0. The van der Waals surface area contributed by atoms with E-state index >= 15 is 0 Å². The van der Waals surface area contributed by atoms with Gasteiger partial charge in [0.2, 0.25) is 5.91 Å². The summed E-state index contributed by atoms with van der Waals surface area (Å²) in [6.45, 7) is 2.83. The Labute approximate surface area is 145 Å². The van der Waals surface area contributed by atoms with Gasteiger partial charge in [-0.05, 0) is 57.8 Å². The topological polar surface area (TPSA) is 52.6 Å². The fraction of sp³-hybridized carbons (Fsp3) is 0.650. The van der Waals surface area contributed by atoms with Crippen LogP contribution in [0.15, 0.2) is 30.3 Å². The summed E-state index contributed by atoms with van der Waals surface area (Å²) < 4.78 is 0. The largest absolute Gasteiger partial charge is 0.393 e. The van der Waals surface area contributed by atoms with Gasteiger partial charge in [-0.3, -0.25) is 4.79 Å². The van der Waals surface area contributed by atoms with Gasteiger partial charge in [-0.2, -0.15) is 0 Å². The number of carbonyl (C=O) groups is 1. The lowest BCUT2D eigenvalue weighted by atomic mass is 9.72. The highest BCUT2D eigenvalue weighted by Crippen LogP contribution is 2.35. The molecule has 1 aromatic carbocycles. The predicted octanol–water partition coefficient (Wildman–Crippen LogP) is 2.32. The first kappa shape index (κ1) is 17.4. The fourth-order valence-electron chi connectivity index (χ4n) is 4.21. The highest BCUT2D eigenvalue weighted by Gasteiger charge is 2.36. The number of nitrogens with zero attached hydrogens (tertiary/aromatic N) is 1. The second-order valence-corrected chi connectivity index (χ2v) is 7.68. The van der Waals surface area contributed by atoms with E-state index in [-0.39, 0.29) is 23.3 Å². The second-order valence-electron chi connectivity index (χ2n) is 7.68. The molecule has 2 aliphatic rings. The maximum atomic E-state index is 12.6. The number of rotatable bonds is 4. The molecule has 0 unspecified atom stereocenters. The van der Waals surface area contributed by atoms with Crippen LogP contribution in [0.3, 0.4) is 0 Å².